The molecule has 2 atom stereocenters. The van der Waals surface area contributed by atoms with Crippen LogP contribution in [0.1, 0.15) is 41.0 Å². The molecule has 0 aromatic carbocycles. The van der Waals surface area contributed by atoms with Gasteiger partial charge in [0.2, 0.25) is 0 Å². The number of esters is 1. The van der Waals surface area contributed by atoms with E-state index in [0.717, 1.165) is 18.1 Å². The molecule has 0 heterocycles. The van der Waals surface area contributed by atoms with Crippen molar-refractivity contribution in [2.24, 2.45) is 5.92 Å². The summed E-state index contributed by atoms with van der Waals surface area (Å²) < 4.78 is 5.13. The number of rotatable bonds is 9. The van der Waals surface area contributed by atoms with Gasteiger partial charge in [-0.15, -0.1) is 0 Å². The van der Waals surface area contributed by atoms with Gasteiger partial charge in [-0.2, -0.15) is 11.8 Å². The number of likely N-dealkylation sites (N-methyl/N-ethyl adjacent to an activating group) is 1. The lowest BCUT2D eigenvalue weighted by Gasteiger charge is -2.28. The summed E-state index contributed by atoms with van der Waals surface area (Å²) in [7, 11) is 0. The van der Waals surface area contributed by atoms with Gasteiger partial charge in [0, 0.05) is 5.75 Å². The Bertz CT molecular complexity index is 223. The zero-order valence-electron chi connectivity index (χ0n) is 11.8. The third-order valence-electron chi connectivity index (χ3n) is 2.78. The minimum absolute atomic E-state index is 0.140. The maximum absolute atomic E-state index is 11.9. The molecule has 0 aliphatic heterocycles. The molecule has 0 amide bonds. The Kier molecular flexibility index (Phi) is 8.70. The summed E-state index contributed by atoms with van der Waals surface area (Å²) in [5.74, 6) is 2.42. The summed E-state index contributed by atoms with van der Waals surface area (Å²) in [6, 6.07) is 0. The van der Waals surface area contributed by atoms with Crippen molar-refractivity contribution in [1.82, 2.24) is 5.32 Å². The Hall–Kier alpha value is -0.220. The molecule has 0 rings (SSSR count). The Balaban J connectivity index is 4.25. The molecule has 0 aromatic rings. The first kappa shape index (κ1) is 16.8. The van der Waals surface area contributed by atoms with Crippen molar-refractivity contribution in [3.8, 4) is 0 Å². The van der Waals surface area contributed by atoms with Crippen LogP contribution < -0.4 is 5.32 Å². The van der Waals surface area contributed by atoms with Crippen LogP contribution in [-0.4, -0.2) is 36.2 Å². The van der Waals surface area contributed by atoms with Crippen LogP contribution in [0.5, 0.6) is 0 Å². The Morgan fingerprint density at radius 3 is 2.53 bits per heavy atom. The van der Waals surface area contributed by atoms with Crippen molar-refractivity contribution >= 4 is 17.7 Å². The van der Waals surface area contributed by atoms with Gasteiger partial charge < -0.3 is 10.1 Å². The standard InChI is InChI=1S/C13H27NO2S/c1-6-11(4)9-17-10-13(5,14-7-2)12(15)16-8-3/h11,14H,6-10H2,1-5H3. The summed E-state index contributed by atoms with van der Waals surface area (Å²) in [5, 5.41) is 3.24. The number of carbonyl (C=O) groups excluding carboxylic acids is 1. The van der Waals surface area contributed by atoms with Gasteiger partial charge in [-0.05, 0) is 32.1 Å². The predicted octanol–water partition coefficient (Wildman–Crippen LogP) is 2.70. The van der Waals surface area contributed by atoms with E-state index in [9.17, 15) is 4.79 Å². The van der Waals surface area contributed by atoms with Crippen LogP contribution in [0.15, 0.2) is 0 Å². The highest BCUT2D eigenvalue weighted by Crippen LogP contribution is 2.19. The molecule has 0 saturated carbocycles. The van der Waals surface area contributed by atoms with Crippen molar-refractivity contribution in [3.63, 3.8) is 0 Å². The van der Waals surface area contributed by atoms with Gasteiger partial charge in [0.15, 0.2) is 0 Å². The number of ether oxygens (including phenoxy) is 1. The molecule has 4 heteroatoms. The molecule has 17 heavy (non-hydrogen) atoms. The first-order valence-corrected chi connectivity index (χ1v) is 7.65. The van der Waals surface area contributed by atoms with Crippen molar-refractivity contribution in [2.75, 3.05) is 24.7 Å². The number of carbonyl (C=O) groups is 1. The van der Waals surface area contributed by atoms with Crippen LogP contribution in [0.2, 0.25) is 0 Å². The van der Waals surface area contributed by atoms with Gasteiger partial charge in [0.25, 0.3) is 0 Å². The summed E-state index contributed by atoms with van der Waals surface area (Å²) in [4.78, 5) is 11.9. The fraction of sp³-hybridized carbons (Fsp3) is 0.923. The number of thioether (sulfide) groups is 1. The zero-order valence-corrected chi connectivity index (χ0v) is 12.7. The summed E-state index contributed by atoms with van der Waals surface area (Å²) in [6.07, 6.45) is 1.18. The lowest BCUT2D eigenvalue weighted by atomic mass is 10.1. The van der Waals surface area contributed by atoms with Gasteiger partial charge in [-0.25, -0.2) is 0 Å². The van der Waals surface area contributed by atoms with E-state index in [1.54, 1.807) is 0 Å². The van der Waals surface area contributed by atoms with E-state index < -0.39 is 5.54 Å². The molecule has 0 spiro atoms. The number of nitrogens with one attached hydrogen (secondary N) is 1. The van der Waals surface area contributed by atoms with E-state index in [-0.39, 0.29) is 5.97 Å². The fourth-order valence-electron chi connectivity index (χ4n) is 1.44. The van der Waals surface area contributed by atoms with Crippen molar-refractivity contribution in [3.05, 3.63) is 0 Å². The predicted molar refractivity (Wildman–Crippen MR) is 75.5 cm³/mol. The largest absolute Gasteiger partial charge is 0.465 e. The maximum atomic E-state index is 11.9. The average Bonchev–Trinajstić information content (AvgIpc) is 2.29. The second-order valence-electron chi connectivity index (χ2n) is 4.61. The molecule has 0 radical (unpaired) electrons. The van der Waals surface area contributed by atoms with Gasteiger partial charge in [0.05, 0.1) is 6.61 Å². The van der Waals surface area contributed by atoms with Gasteiger partial charge in [-0.3, -0.25) is 4.79 Å². The van der Waals surface area contributed by atoms with Gasteiger partial charge in [0.1, 0.15) is 5.54 Å². The highest BCUT2D eigenvalue weighted by Gasteiger charge is 2.33. The number of hydrogen-bond donors (Lipinski definition) is 1. The lowest BCUT2D eigenvalue weighted by molar-refractivity contribution is -0.149. The first-order chi connectivity index (χ1) is 8.00. The molecule has 3 nitrogen and oxygen atoms in total. The van der Waals surface area contributed by atoms with Crippen molar-refractivity contribution < 1.29 is 9.53 Å². The minimum Gasteiger partial charge on any atom is -0.465 e. The molecule has 0 bridgehead atoms. The quantitative estimate of drug-likeness (QED) is 0.648. The Morgan fingerprint density at radius 1 is 1.41 bits per heavy atom. The molecule has 102 valence electrons. The lowest BCUT2D eigenvalue weighted by Crippen LogP contribution is -2.52. The van der Waals surface area contributed by atoms with Gasteiger partial charge in [-0.1, -0.05) is 27.2 Å². The van der Waals surface area contributed by atoms with Crippen LogP contribution in [0.25, 0.3) is 0 Å². The normalized spacial score (nSPS) is 16.3. The van der Waals surface area contributed by atoms with E-state index in [0.29, 0.717) is 12.5 Å². The van der Waals surface area contributed by atoms with E-state index in [1.807, 2.05) is 32.5 Å². The minimum atomic E-state index is -0.553. The SMILES string of the molecule is CCNC(C)(CSCC(C)CC)C(=O)OCC. The van der Waals surface area contributed by atoms with Crippen LogP contribution >= 0.6 is 11.8 Å². The fourth-order valence-corrected chi connectivity index (χ4v) is 2.83. The van der Waals surface area contributed by atoms with E-state index in [2.05, 4.69) is 19.2 Å². The molecule has 1 N–H and O–H groups in total. The van der Waals surface area contributed by atoms with E-state index in [4.69, 9.17) is 4.74 Å². The average molecular weight is 261 g/mol. The van der Waals surface area contributed by atoms with Crippen LogP contribution in [0.3, 0.4) is 0 Å². The molecule has 2 unspecified atom stereocenters. The molecule has 0 aromatic heterocycles. The maximum Gasteiger partial charge on any atom is 0.326 e. The molecular formula is C13H27NO2S. The van der Waals surface area contributed by atoms with Crippen LogP contribution in [0.4, 0.5) is 0 Å². The Labute approximate surface area is 110 Å². The highest BCUT2D eigenvalue weighted by atomic mass is 32.2. The molecule has 0 fully saturated rings. The summed E-state index contributed by atoms with van der Waals surface area (Å²) >= 11 is 1.82. The molecule has 0 aliphatic carbocycles. The van der Waals surface area contributed by atoms with Crippen molar-refractivity contribution in [1.29, 1.82) is 0 Å². The van der Waals surface area contributed by atoms with Gasteiger partial charge >= 0.3 is 5.97 Å². The topological polar surface area (TPSA) is 38.3 Å². The third-order valence-corrected chi connectivity index (χ3v) is 4.37. The Morgan fingerprint density at radius 2 is 2.06 bits per heavy atom. The molecule has 0 saturated heterocycles. The third kappa shape index (κ3) is 6.32. The zero-order chi connectivity index (χ0) is 13.3. The smallest absolute Gasteiger partial charge is 0.326 e. The summed E-state index contributed by atoms with van der Waals surface area (Å²) in [5.41, 5.74) is -0.553. The second-order valence-corrected chi connectivity index (χ2v) is 5.64. The van der Waals surface area contributed by atoms with Crippen LogP contribution in [-0.2, 0) is 9.53 Å². The van der Waals surface area contributed by atoms with E-state index in [1.165, 1.54) is 6.42 Å². The van der Waals surface area contributed by atoms with E-state index >= 15 is 0 Å². The highest BCUT2D eigenvalue weighted by molar-refractivity contribution is 7.99. The molecule has 0 aliphatic rings. The molecular weight excluding hydrogens is 234 g/mol. The van der Waals surface area contributed by atoms with Crippen LogP contribution in [0, 0.1) is 5.92 Å². The summed E-state index contributed by atoms with van der Waals surface area (Å²) in [6.45, 7) is 11.4. The second kappa shape index (κ2) is 8.81. The first-order valence-electron chi connectivity index (χ1n) is 6.50. The van der Waals surface area contributed by atoms with Crippen molar-refractivity contribution in [2.45, 2.75) is 46.6 Å². The monoisotopic (exact) mass is 261 g/mol. The number of hydrogen-bond acceptors (Lipinski definition) is 4.